The number of anilines is 1. The van der Waals surface area contributed by atoms with Crippen LogP contribution >= 0.6 is 0 Å². The van der Waals surface area contributed by atoms with Crippen molar-refractivity contribution in [3.8, 4) is 5.88 Å². The van der Waals surface area contributed by atoms with E-state index >= 15 is 0 Å². The molecule has 0 saturated carbocycles. The van der Waals surface area contributed by atoms with Crippen molar-refractivity contribution in [2.75, 3.05) is 5.32 Å². The molecule has 0 aliphatic heterocycles. The molecule has 0 aliphatic carbocycles. The Bertz CT molecular complexity index is 455. The summed E-state index contributed by atoms with van der Waals surface area (Å²) in [4.78, 5) is 19.3. The normalized spacial score (nSPS) is 13.1. The van der Waals surface area contributed by atoms with Crippen LogP contribution in [0.3, 0.4) is 0 Å². The summed E-state index contributed by atoms with van der Waals surface area (Å²) in [5, 5.41) is 12.1. The van der Waals surface area contributed by atoms with Gasteiger partial charge in [-0.05, 0) is 19.3 Å². The number of nitrogens with zero attached hydrogens (tertiary/aromatic N) is 2. The lowest BCUT2D eigenvalue weighted by atomic mass is 9.85. The summed E-state index contributed by atoms with van der Waals surface area (Å²) in [6.07, 6.45) is 1.62. The van der Waals surface area contributed by atoms with Gasteiger partial charge in [0.15, 0.2) is 0 Å². The van der Waals surface area contributed by atoms with Gasteiger partial charge in [-0.3, -0.25) is 4.79 Å². The maximum atomic E-state index is 11.0. The molecule has 0 radical (unpaired) electrons. The average molecular weight is 281 g/mol. The van der Waals surface area contributed by atoms with Crippen molar-refractivity contribution in [1.29, 1.82) is 0 Å². The molecule has 6 nitrogen and oxygen atoms in total. The summed E-state index contributed by atoms with van der Waals surface area (Å²) in [6, 6.07) is 1.41. The third-order valence-corrected chi connectivity index (χ3v) is 2.71. The standard InChI is InChI=1S/C14H23N3O3/c1-9(2)20-11-6-7-15-13(17-11)16-10(8-12(18)19)14(3,4)5/h6-7,9-10H,8H2,1-5H3,(H,18,19)(H,15,16,17). The van der Waals surface area contributed by atoms with Gasteiger partial charge >= 0.3 is 5.97 Å². The molecule has 6 heteroatoms. The second kappa shape index (κ2) is 6.54. The molecule has 1 heterocycles. The zero-order chi connectivity index (χ0) is 15.3. The quantitative estimate of drug-likeness (QED) is 0.833. The fourth-order valence-corrected chi connectivity index (χ4v) is 1.62. The van der Waals surface area contributed by atoms with Gasteiger partial charge in [0.2, 0.25) is 11.8 Å². The third-order valence-electron chi connectivity index (χ3n) is 2.71. The lowest BCUT2D eigenvalue weighted by molar-refractivity contribution is -0.137. The molecule has 2 N–H and O–H groups in total. The van der Waals surface area contributed by atoms with Crippen LogP contribution in [0.25, 0.3) is 0 Å². The molecule has 0 spiro atoms. The van der Waals surface area contributed by atoms with Gasteiger partial charge in [0.25, 0.3) is 0 Å². The van der Waals surface area contributed by atoms with Crippen LogP contribution in [0, 0.1) is 5.41 Å². The predicted octanol–water partition coefficient (Wildman–Crippen LogP) is 2.57. The Morgan fingerprint density at radius 2 is 2.10 bits per heavy atom. The van der Waals surface area contributed by atoms with Gasteiger partial charge in [-0.25, -0.2) is 4.98 Å². The minimum absolute atomic E-state index is 0.00211. The van der Waals surface area contributed by atoms with Crippen LogP contribution in [0.4, 0.5) is 5.95 Å². The summed E-state index contributed by atoms with van der Waals surface area (Å²) in [5.41, 5.74) is -0.226. The fraction of sp³-hybridized carbons (Fsp3) is 0.643. The first-order valence-electron chi connectivity index (χ1n) is 6.66. The minimum Gasteiger partial charge on any atom is -0.481 e. The molecule has 1 rings (SSSR count). The Hall–Kier alpha value is -1.85. The third kappa shape index (κ3) is 5.42. The smallest absolute Gasteiger partial charge is 0.305 e. The average Bonchev–Trinajstić information content (AvgIpc) is 2.25. The molecular formula is C14H23N3O3. The summed E-state index contributed by atoms with van der Waals surface area (Å²) in [5.74, 6) is -0.00295. The van der Waals surface area contributed by atoms with Crippen LogP contribution in [-0.2, 0) is 4.79 Å². The van der Waals surface area contributed by atoms with Crippen LogP contribution in [-0.4, -0.2) is 33.2 Å². The monoisotopic (exact) mass is 281 g/mol. The van der Waals surface area contributed by atoms with Gasteiger partial charge < -0.3 is 15.2 Å². The largest absolute Gasteiger partial charge is 0.481 e. The summed E-state index contributed by atoms with van der Waals surface area (Å²) in [6.45, 7) is 9.75. The maximum Gasteiger partial charge on any atom is 0.305 e. The topological polar surface area (TPSA) is 84.3 Å². The van der Waals surface area contributed by atoms with Crippen molar-refractivity contribution in [3.05, 3.63) is 12.3 Å². The number of aliphatic carboxylic acids is 1. The van der Waals surface area contributed by atoms with Gasteiger partial charge in [0, 0.05) is 18.3 Å². The Kier molecular flexibility index (Phi) is 5.30. The number of rotatable bonds is 6. The van der Waals surface area contributed by atoms with Crippen molar-refractivity contribution >= 4 is 11.9 Å². The molecule has 1 aromatic heterocycles. The van der Waals surface area contributed by atoms with E-state index in [1.54, 1.807) is 12.3 Å². The predicted molar refractivity (Wildman–Crippen MR) is 76.9 cm³/mol. The Morgan fingerprint density at radius 3 is 2.60 bits per heavy atom. The second-order valence-corrected chi connectivity index (χ2v) is 6.05. The number of carbonyl (C=O) groups is 1. The van der Waals surface area contributed by atoms with Crippen LogP contribution < -0.4 is 10.1 Å². The Balaban J connectivity index is 2.85. The maximum absolute atomic E-state index is 11.0. The molecule has 1 atom stereocenters. The highest BCUT2D eigenvalue weighted by Crippen LogP contribution is 2.25. The van der Waals surface area contributed by atoms with Gasteiger partial charge in [-0.15, -0.1) is 0 Å². The second-order valence-electron chi connectivity index (χ2n) is 6.05. The van der Waals surface area contributed by atoms with E-state index in [1.807, 2.05) is 34.6 Å². The number of hydrogen-bond acceptors (Lipinski definition) is 5. The number of ether oxygens (including phenoxy) is 1. The van der Waals surface area contributed by atoms with E-state index in [0.717, 1.165) is 0 Å². The molecule has 0 amide bonds. The van der Waals surface area contributed by atoms with Gasteiger partial charge in [0.05, 0.1) is 12.5 Å². The van der Waals surface area contributed by atoms with E-state index in [9.17, 15) is 4.79 Å². The molecule has 0 aliphatic rings. The Morgan fingerprint density at radius 1 is 1.45 bits per heavy atom. The number of carboxylic acid groups (broad SMARTS) is 1. The van der Waals surface area contributed by atoms with E-state index in [2.05, 4.69) is 15.3 Å². The first-order valence-corrected chi connectivity index (χ1v) is 6.66. The number of nitrogens with one attached hydrogen (secondary N) is 1. The lowest BCUT2D eigenvalue weighted by Crippen LogP contribution is -2.36. The van der Waals surface area contributed by atoms with Crippen molar-refractivity contribution in [3.63, 3.8) is 0 Å². The van der Waals surface area contributed by atoms with Crippen molar-refractivity contribution in [2.45, 2.75) is 53.2 Å². The van der Waals surface area contributed by atoms with Crippen molar-refractivity contribution in [2.24, 2.45) is 5.41 Å². The molecule has 1 aromatic rings. The molecule has 0 aromatic carbocycles. The number of hydrogen-bond donors (Lipinski definition) is 2. The SMILES string of the molecule is CC(C)Oc1ccnc(NC(CC(=O)O)C(C)(C)C)n1. The van der Waals surface area contributed by atoms with Crippen molar-refractivity contribution in [1.82, 2.24) is 9.97 Å². The first kappa shape index (κ1) is 16.2. The zero-order valence-electron chi connectivity index (χ0n) is 12.7. The van der Waals surface area contributed by atoms with Crippen molar-refractivity contribution < 1.29 is 14.6 Å². The molecule has 0 saturated heterocycles. The van der Waals surface area contributed by atoms with E-state index in [-0.39, 0.29) is 24.0 Å². The molecule has 112 valence electrons. The highest BCUT2D eigenvalue weighted by molar-refractivity contribution is 5.68. The lowest BCUT2D eigenvalue weighted by Gasteiger charge is -2.30. The summed E-state index contributed by atoms with van der Waals surface area (Å²) in [7, 11) is 0. The van der Waals surface area contributed by atoms with Crippen LogP contribution in [0.15, 0.2) is 12.3 Å². The molecule has 0 bridgehead atoms. The number of carboxylic acids is 1. The molecule has 20 heavy (non-hydrogen) atoms. The first-order chi connectivity index (χ1) is 9.18. The fourth-order valence-electron chi connectivity index (χ4n) is 1.62. The minimum atomic E-state index is -0.855. The number of aromatic nitrogens is 2. The van der Waals surface area contributed by atoms with Crippen LogP contribution in [0.2, 0.25) is 0 Å². The van der Waals surface area contributed by atoms with Gasteiger partial charge in [0.1, 0.15) is 0 Å². The van der Waals surface area contributed by atoms with E-state index in [4.69, 9.17) is 9.84 Å². The van der Waals surface area contributed by atoms with Gasteiger partial charge in [-0.2, -0.15) is 4.98 Å². The molecule has 0 fully saturated rings. The molecule has 1 unspecified atom stereocenters. The highest BCUT2D eigenvalue weighted by Gasteiger charge is 2.27. The molecular weight excluding hydrogens is 258 g/mol. The van der Waals surface area contributed by atoms with E-state index in [1.165, 1.54) is 0 Å². The summed E-state index contributed by atoms with van der Waals surface area (Å²) >= 11 is 0. The van der Waals surface area contributed by atoms with Crippen LogP contribution in [0.5, 0.6) is 5.88 Å². The van der Waals surface area contributed by atoms with E-state index in [0.29, 0.717) is 11.8 Å². The Labute approximate surface area is 119 Å². The highest BCUT2D eigenvalue weighted by atomic mass is 16.5. The zero-order valence-corrected chi connectivity index (χ0v) is 12.7. The van der Waals surface area contributed by atoms with Gasteiger partial charge in [-0.1, -0.05) is 20.8 Å². The summed E-state index contributed by atoms with van der Waals surface area (Å²) < 4.78 is 5.50. The van der Waals surface area contributed by atoms with Crippen LogP contribution in [0.1, 0.15) is 41.0 Å². The van der Waals surface area contributed by atoms with E-state index < -0.39 is 5.97 Å².